The predicted octanol–water partition coefficient (Wildman–Crippen LogP) is 3.06. The molecule has 0 bridgehead atoms. The fraction of sp³-hybridized carbons (Fsp3) is 0.588. The first-order chi connectivity index (χ1) is 9.65. The number of hydrogen-bond donors (Lipinski definition) is 1. The number of fused-ring (bicyclic) bond motifs is 1. The monoisotopic (exact) mass is 272 g/mol. The smallest absolute Gasteiger partial charge is 0.245 e. The van der Waals surface area contributed by atoms with Gasteiger partial charge < -0.3 is 10.2 Å². The Kier molecular flexibility index (Phi) is 3.68. The van der Waals surface area contributed by atoms with E-state index < -0.39 is 0 Å². The van der Waals surface area contributed by atoms with Crippen LogP contribution >= 0.6 is 0 Å². The molecule has 3 heteroatoms. The molecule has 1 aliphatic carbocycles. The Bertz CT molecular complexity index is 475. The van der Waals surface area contributed by atoms with Gasteiger partial charge in [0.2, 0.25) is 5.91 Å². The standard InChI is InChI=1S/C17H24N2O/c1-12-6-5-8-14(10-12)19(2)17(20)16-11-13-7-3-4-9-15(13)18-16/h3-4,7,9,12,14,16,18H,5-6,8,10-11H2,1-2H3/t12?,14?,16-/m0/s1. The van der Waals surface area contributed by atoms with E-state index in [1.807, 2.05) is 24.1 Å². The molecule has 0 radical (unpaired) electrons. The summed E-state index contributed by atoms with van der Waals surface area (Å²) < 4.78 is 0. The zero-order valence-electron chi connectivity index (χ0n) is 12.4. The summed E-state index contributed by atoms with van der Waals surface area (Å²) in [7, 11) is 1.98. The van der Waals surface area contributed by atoms with Crippen LogP contribution in [-0.4, -0.2) is 29.9 Å². The fourth-order valence-electron chi connectivity index (χ4n) is 3.63. The molecule has 3 rings (SSSR count). The number of carbonyl (C=O) groups excluding carboxylic acids is 1. The second-order valence-electron chi connectivity index (χ2n) is 6.43. The first-order valence-electron chi connectivity index (χ1n) is 7.76. The molecule has 1 saturated carbocycles. The van der Waals surface area contributed by atoms with Gasteiger partial charge in [0, 0.05) is 25.2 Å². The Morgan fingerprint density at radius 2 is 2.10 bits per heavy atom. The van der Waals surface area contributed by atoms with E-state index in [1.165, 1.54) is 18.4 Å². The summed E-state index contributed by atoms with van der Waals surface area (Å²) in [6.07, 6.45) is 5.70. The van der Waals surface area contributed by atoms with Crippen LogP contribution in [0.15, 0.2) is 24.3 Å². The number of benzene rings is 1. The van der Waals surface area contributed by atoms with Crippen LogP contribution < -0.4 is 5.32 Å². The quantitative estimate of drug-likeness (QED) is 0.897. The first-order valence-corrected chi connectivity index (χ1v) is 7.76. The zero-order chi connectivity index (χ0) is 14.1. The molecule has 0 spiro atoms. The van der Waals surface area contributed by atoms with Crippen molar-refractivity contribution in [1.82, 2.24) is 4.90 Å². The minimum Gasteiger partial charge on any atom is -0.373 e. The van der Waals surface area contributed by atoms with Gasteiger partial charge in [-0.05, 0) is 30.4 Å². The molecule has 2 unspecified atom stereocenters. The second kappa shape index (κ2) is 5.47. The third-order valence-electron chi connectivity index (χ3n) is 4.87. The highest BCUT2D eigenvalue weighted by Gasteiger charge is 2.32. The maximum atomic E-state index is 12.7. The van der Waals surface area contributed by atoms with Crippen molar-refractivity contribution < 1.29 is 4.79 Å². The number of nitrogens with zero attached hydrogens (tertiary/aromatic N) is 1. The fourth-order valence-corrected chi connectivity index (χ4v) is 3.63. The molecule has 1 aromatic rings. The average molecular weight is 272 g/mol. The Morgan fingerprint density at radius 3 is 2.85 bits per heavy atom. The maximum Gasteiger partial charge on any atom is 0.245 e. The van der Waals surface area contributed by atoms with Crippen LogP contribution in [0.2, 0.25) is 0 Å². The number of hydrogen-bond acceptors (Lipinski definition) is 2. The van der Waals surface area contributed by atoms with Crippen molar-refractivity contribution in [2.75, 3.05) is 12.4 Å². The number of para-hydroxylation sites is 1. The van der Waals surface area contributed by atoms with Crippen molar-refractivity contribution >= 4 is 11.6 Å². The molecule has 1 N–H and O–H groups in total. The van der Waals surface area contributed by atoms with Crippen LogP contribution in [0, 0.1) is 5.92 Å². The highest BCUT2D eigenvalue weighted by molar-refractivity contribution is 5.87. The van der Waals surface area contributed by atoms with Crippen LogP contribution in [0.25, 0.3) is 0 Å². The number of amides is 1. The van der Waals surface area contributed by atoms with E-state index >= 15 is 0 Å². The van der Waals surface area contributed by atoms with Crippen molar-refractivity contribution in [3.8, 4) is 0 Å². The molecular formula is C17H24N2O. The van der Waals surface area contributed by atoms with Crippen LogP contribution in [0.1, 0.15) is 38.2 Å². The third kappa shape index (κ3) is 2.54. The molecule has 3 nitrogen and oxygen atoms in total. The summed E-state index contributed by atoms with van der Waals surface area (Å²) in [6, 6.07) is 8.58. The average Bonchev–Trinajstić information content (AvgIpc) is 2.89. The predicted molar refractivity (Wildman–Crippen MR) is 81.7 cm³/mol. The summed E-state index contributed by atoms with van der Waals surface area (Å²) in [5.74, 6) is 0.998. The maximum absolute atomic E-state index is 12.7. The summed E-state index contributed by atoms with van der Waals surface area (Å²) in [4.78, 5) is 14.7. The van der Waals surface area contributed by atoms with Gasteiger partial charge in [0.15, 0.2) is 0 Å². The molecule has 2 aliphatic rings. The lowest BCUT2D eigenvalue weighted by atomic mass is 9.86. The van der Waals surface area contributed by atoms with Gasteiger partial charge in [-0.1, -0.05) is 38.0 Å². The molecule has 1 aromatic carbocycles. The molecular weight excluding hydrogens is 248 g/mol. The highest BCUT2D eigenvalue weighted by atomic mass is 16.2. The lowest BCUT2D eigenvalue weighted by Crippen LogP contribution is -2.46. The molecule has 1 aliphatic heterocycles. The van der Waals surface area contributed by atoms with Crippen LogP contribution in [0.3, 0.4) is 0 Å². The molecule has 0 aromatic heterocycles. The van der Waals surface area contributed by atoms with Gasteiger partial charge in [-0.15, -0.1) is 0 Å². The summed E-state index contributed by atoms with van der Waals surface area (Å²) in [5, 5.41) is 3.37. The topological polar surface area (TPSA) is 32.3 Å². The Morgan fingerprint density at radius 1 is 1.30 bits per heavy atom. The van der Waals surface area contributed by atoms with Gasteiger partial charge in [-0.3, -0.25) is 4.79 Å². The minimum atomic E-state index is -0.0744. The van der Waals surface area contributed by atoms with Crippen LogP contribution in [0.4, 0.5) is 5.69 Å². The van der Waals surface area contributed by atoms with Gasteiger partial charge in [0.05, 0.1) is 0 Å². The van der Waals surface area contributed by atoms with Crippen molar-refractivity contribution in [1.29, 1.82) is 0 Å². The Hall–Kier alpha value is -1.51. The number of nitrogens with one attached hydrogen (secondary N) is 1. The summed E-state index contributed by atoms with van der Waals surface area (Å²) in [5.41, 5.74) is 2.38. The molecule has 1 heterocycles. The number of carbonyl (C=O) groups is 1. The molecule has 20 heavy (non-hydrogen) atoms. The third-order valence-corrected chi connectivity index (χ3v) is 4.87. The zero-order valence-corrected chi connectivity index (χ0v) is 12.4. The van der Waals surface area contributed by atoms with Crippen molar-refractivity contribution in [2.24, 2.45) is 5.92 Å². The lowest BCUT2D eigenvalue weighted by Gasteiger charge is -2.35. The molecule has 1 amide bonds. The van der Waals surface area contributed by atoms with Crippen molar-refractivity contribution in [3.05, 3.63) is 29.8 Å². The van der Waals surface area contributed by atoms with E-state index in [1.54, 1.807) is 0 Å². The minimum absolute atomic E-state index is 0.0744. The molecule has 3 atom stereocenters. The van der Waals surface area contributed by atoms with Gasteiger partial charge in [0.25, 0.3) is 0 Å². The summed E-state index contributed by atoms with van der Waals surface area (Å²) >= 11 is 0. The number of rotatable bonds is 2. The van der Waals surface area contributed by atoms with E-state index in [0.717, 1.165) is 30.9 Å². The van der Waals surface area contributed by atoms with Crippen molar-refractivity contribution in [3.63, 3.8) is 0 Å². The van der Waals surface area contributed by atoms with Gasteiger partial charge in [-0.2, -0.15) is 0 Å². The van der Waals surface area contributed by atoms with Gasteiger partial charge in [0.1, 0.15) is 6.04 Å². The van der Waals surface area contributed by atoms with Crippen LogP contribution in [0.5, 0.6) is 0 Å². The second-order valence-corrected chi connectivity index (χ2v) is 6.43. The van der Waals surface area contributed by atoms with E-state index in [-0.39, 0.29) is 11.9 Å². The molecule has 0 saturated heterocycles. The molecule has 1 fully saturated rings. The lowest BCUT2D eigenvalue weighted by molar-refractivity contribution is -0.133. The largest absolute Gasteiger partial charge is 0.373 e. The molecule has 108 valence electrons. The van der Waals surface area contributed by atoms with Crippen molar-refractivity contribution in [2.45, 2.75) is 51.1 Å². The van der Waals surface area contributed by atoms with Crippen LogP contribution in [-0.2, 0) is 11.2 Å². The van der Waals surface area contributed by atoms with Gasteiger partial charge >= 0.3 is 0 Å². The summed E-state index contributed by atoms with van der Waals surface area (Å²) in [6.45, 7) is 2.30. The Labute approximate surface area is 121 Å². The Balaban J connectivity index is 1.65. The number of likely N-dealkylation sites (N-methyl/N-ethyl adjacent to an activating group) is 1. The SMILES string of the molecule is CC1CCCC(N(C)C(=O)[C@@H]2Cc3ccccc3N2)C1. The normalized spacial score (nSPS) is 28.6. The van der Waals surface area contributed by atoms with Gasteiger partial charge in [-0.25, -0.2) is 0 Å². The number of anilines is 1. The van der Waals surface area contributed by atoms with E-state index in [0.29, 0.717) is 6.04 Å². The van der Waals surface area contributed by atoms with E-state index in [9.17, 15) is 4.79 Å². The van der Waals surface area contributed by atoms with E-state index in [4.69, 9.17) is 0 Å². The first kappa shape index (κ1) is 13.5. The van der Waals surface area contributed by atoms with E-state index in [2.05, 4.69) is 24.4 Å². The highest BCUT2D eigenvalue weighted by Crippen LogP contribution is 2.29.